The highest BCUT2D eigenvalue weighted by atomic mass is 16.6. The molecule has 13 nitrogen and oxygen atoms in total. The summed E-state index contributed by atoms with van der Waals surface area (Å²) in [6.07, 6.45) is 0.840. The number of nitrogens with zero attached hydrogens (tertiary/aromatic N) is 4. The van der Waals surface area contributed by atoms with Crippen molar-refractivity contribution in [2.45, 2.75) is 51.4 Å². The van der Waals surface area contributed by atoms with Gasteiger partial charge in [0.2, 0.25) is 11.8 Å². The third-order valence-corrected chi connectivity index (χ3v) is 7.76. The second kappa shape index (κ2) is 10.8. The van der Waals surface area contributed by atoms with Crippen molar-refractivity contribution < 1.29 is 29.0 Å². The van der Waals surface area contributed by atoms with Gasteiger partial charge < -0.3 is 5.32 Å². The molecular formula is C28H31N5O8. The Morgan fingerprint density at radius 1 is 0.683 bits per heavy atom. The number of nitrogens with one attached hydrogen (secondary N) is 1. The fourth-order valence-corrected chi connectivity index (χ4v) is 5.37. The molecule has 0 radical (unpaired) electrons. The van der Waals surface area contributed by atoms with Gasteiger partial charge in [-0.3, -0.25) is 49.2 Å². The number of carbonyl (C=O) groups is 4. The predicted octanol–water partition coefficient (Wildman–Crippen LogP) is 3.09. The van der Waals surface area contributed by atoms with Crippen LogP contribution in [0.1, 0.15) is 72.4 Å². The van der Waals surface area contributed by atoms with Crippen molar-refractivity contribution in [3.8, 4) is 0 Å². The Kier molecular flexibility index (Phi) is 7.76. The van der Waals surface area contributed by atoms with E-state index in [0.29, 0.717) is 37.1 Å². The molecule has 0 spiro atoms. The molecule has 0 bridgehead atoms. The summed E-state index contributed by atoms with van der Waals surface area (Å²) in [4.78, 5) is 75.7. The summed E-state index contributed by atoms with van der Waals surface area (Å²) in [6, 6.07) is 7.91. The fourth-order valence-electron chi connectivity index (χ4n) is 5.37. The Balaban J connectivity index is 1.32. The maximum atomic E-state index is 13.1. The predicted molar refractivity (Wildman–Crippen MR) is 146 cm³/mol. The van der Waals surface area contributed by atoms with Crippen LogP contribution in [0.3, 0.4) is 0 Å². The Labute approximate surface area is 235 Å². The number of nitro benzene ring substituents is 2. The lowest BCUT2D eigenvalue weighted by Gasteiger charge is -2.37. The second-order valence-corrected chi connectivity index (χ2v) is 11.2. The Bertz CT molecular complexity index is 1370. The van der Waals surface area contributed by atoms with Crippen LogP contribution in [0.5, 0.6) is 0 Å². The van der Waals surface area contributed by atoms with E-state index in [1.54, 1.807) is 27.7 Å². The zero-order chi connectivity index (χ0) is 30.3. The van der Waals surface area contributed by atoms with Gasteiger partial charge >= 0.3 is 0 Å². The van der Waals surface area contributed by atoms with Gasteiger partial charge in [0.25, 0.3) is 23.2 Å². The maximum absolute atomic E-state index is 13.1. The summed E-state index contributed by atoms with van der Waals surface area (Å²) in [5.41, 5.74) is -1.30. The van der Waals surface area contributed by atoms with Gasteiger partial charge in [0.15, 0.2) is 0 Å². The van der Waals surface area contributed by atoms with Crippen molar-refractivity contribution in [3.63, 3.8) is 0 Å². The van der Waals surface area contributed by atoms with Crippen LogP contribution in [0, 0.1) is 20.2 Å². The number of rotatable bonds is 10. The third-order valence-electron chi connectivity index (χ3n) is 7.76. The second-order valence-electron chi connectivity index (χ2n) is 11.2. The van der Waals surface area contributed by atoms with Crippen molar-refractivity contribution >= 4 is 35.0 Å². The monoisotopic (exact) mass is 565 g/mol. The van der Waals surface area contributed by atoms with Crippen LogP contribution >= 0.6 is 0 Å². The molecule has 216 valence electrons. The minimum absolute atomic E-state index is 0.114. The van der Waals surface area contributed by atoms with Gasteiger partial charge in [-0.25, -0.2) is 0 Å². The highest BCUT2D eigenvalue weighted by Crippen LogP contribution is 2.37. The molecule has 2 aromatic carbocycles. The van der Waals surface area contributed by atoms with Crippen LogP contribution < -0.4 is 5.32 Å². The quantitative estimate of drug-likeness (QED) is 0.196. The zero-order valence-corrected chi connectivity index (χ0v) is 23.3. The van der Waals surface area contributed by atoms with Crippen molar-refractivity contribution in [1.29, 1.82) is 0 Å². The first kappa shape index (κ1) is 29.5. The largest absolute Gasteiger partial charge is 0.317 e. The molecule has 0 saturated carbocycles. The molecule has 4 rings (SSSR count). The highest BCUT2D eigenvalue weighted by Gasteiger charge is 2.46. The van der Waals surface area contributed by atoms with Crippen LogP contribution in [-0.2, 0) is 20.4 Å². The minimum atomic E-state index is -1.02. The maximum Gasteiger partial charge on any atom is 0.270 e. The standard InChI is InChI=1S/C28H31N5O8/c1-27(2)21-9-7-17(32(38)39)15-19(21)23(34)30(25(27)36)13-5-11-29-12-6-14-31-24(35)20-16-18(33(40)41)8-10-22(20)28(3,4)26(31)37/h7-10,15-16,29H,5-6,11-14H2,1-4H3. The van der Waals surface area contributed by atoms with E-state index in [9.17, 15) is 39.4 Å². The average Bonchev–Trinajstić information content (AvgIpc) is 2.93. The molecule has 0 atom stereocenters. The van der Waals surface area contributed by atoms with E-state index < -0.39 is 32.5 Å². The van der Waals surface area contributed by atoms with Gasteiger partial charge in [0.1, 0.15) is 0 Å². The van der Waals surface area contributed by atoms with Gasteiger partial charge in [-0.2, -0.15) is 0 Å². The number of hydrogen-bond acceptors (Lipinski definition) is 9. The van der Waals surface area contributed by atoms with Crippen LogP contribution in [0.25, 0.3) is 0 Å². The SMILES string of the molecule is CC1(C)C(=O)N(CCCNCCCN2C(=O)c3cc([N+](=O)[O-])ccc3C(C)(C)C2=O)C(=O)c2cc([N+](=O)[O-])ccc21. The summed E-state index contributed by atoms with van der Waals surface area (Å²) >= 11 is 0. The average molecular weight is 566 g/mol. The van der Waals surface area contributed by atoms with Crippen LogP contribution in [0.2, 0.25) is 0 Å². The van der Waals surface area contributed by atoms with E-state index in [1.165, 1.54) is 36.4 Å². The first-order chi connectivity index (χ1) is 19.2. The van der Waals surface area contributed by atoms with E-state index in [2.05, 4.69) is 5.32 Å². The Morgan fingerprint density at radius 2 is 1.05 bits per heavy atom. The van der Waals surface area contributed by atoms with Gasteiger partial charge in [-0.15, -0.1) is 0 Å². The number of nitro groups is 2. The lowest BCUT2D eigenvalue weighted by Crippen LogP contribution is -2.52. The summed E-state index contributed by atoms with van der Waals surface area (Å²) in [7, 11) is 0. The summed E-state index contributed by atoms with van der Waals surface area (Å²) in [5.74, 6) is -1.90. The van der Waals surface area contributed by atoms with Gasteiger partial charge in [0, 0.05) is 37.4 Å². The highest BCUT2D eigenvalue weighted by molar-refractivity contribution is 6.14. The normalized spacial score (nSPS) is 17.4. The molecule has 41 heavy (non-hydrogen) atoms. The summed E-state index contributed by atoms with van der Waals surface area (Å²) < 4.78 is 0. The van der Waals surface area contributed by atoms with Crippen LogP contribution in [0.4, 0.5) is 11.4 Å². The molecule has 1 N–H and O–H groups in total. The molecule has 0 unspecified atom stereocenters. The number of carbonyl (C=O) groups excluding carboxylic acids is 4. The van der Waals surface area contributed by atoms with Crippen molar-refractivity contribution in [1.82, 2.24) is 15.1 Å². The number of imide groups is 2. The van der Waals surface area contributed by atoms with Crippen LogP contribution in [-0.4, -0.2) is 69.5 Å². The molecule has 0 saturated heterocycles. The lowest BCUT2D eigenvalue weighted by atomic mass is 9.77. The molecule has 13 heteroatoms. The molecule has 2 heterocycles. The van der Waals surface area contributed by atoms with E-state index in [-0.39, 0.29) is 47.4 Å². The molecule has 0 fully saturated rings. The Hall–Kier alpha value is -4.52. The van der Waals surface area contributed by atoms with E-state index >= 15 is 0 Å². The molecule has 2 aliphatic heterocycles. The number of amides is 4. The van der Waals surface area contributed by atoms with Crippen molar-refractivity contribution in [2.75, 3.05) is 26.2 Å². The van der Waals surface area contributed by atoms with Gasteiger partial charge in [-0.1, -0.05) is 12.1 Å². The first-order valence-corrected chi connectivity index (χ1v) is 13.2. The summed E-state index contributed by atoms with van der Waals surface area (Å²) in [6.45, 7) is 7.81. The molecule has 0 aliphatic carbocycles. The topological polar surface area (TPSA) is 173 Å². The zero-order valence-electron chi connectivity index (χ0n) is 23.3. The first-order valence-electron chi connectivity index (χ1n) is 13.2. The lowest BCUT2D eigenvalue weighted by molar-refractivity contribution is -0.385. The molecule has 0 aromatic heterocycles. The van der Waals surface area contributed by atoms with E-state index in [0.717, 1.165) is 9.80 Å². The van der Waals surface area contributed by atoms with Crippen molar-refractivity contribution in [3.05, 3.63) is 78.9 Å². The Morgan fingerprint density at radius 3 is 1.39 bits per heavy atom. The van der Waals surface area contributed by atoms with Gasteiger partial charge in [0.05, 0.1) is 31.8 Å². The van der Waals surface area contributed by atoms with E-state index in [1.807, 2.05) is 0 Å². The number of fused-ring (bicyclic) bond motifs is 2. The summed E-state index contributed by atoms with van der Waals surface area (Å²) in [5, 5.41) is 25.6. The van der Waals surface area contributed by atoms with Crippen molar-refractivity contribution in [2.24, 2.45) is 0 Å². The number of benzene rings is 2. The molecule has 2 aliphatic rings. The fraction of sp³-hybridized carbons (Fsp3) is 0.429. The third kappa shape index (κ3) is 5.20. The number of hydrogen-bond donors (Lipinski definition) is 1. The van der Waals surface area contributed by atoms with Gasteiger partial charge in [-0.05, 0) is 64.8 Å². The smallest absolute Gasteiger partial charge is 0.270 e. The minimum Gasteiger partial charge on any atom is -0.317 e. The molecule has 2 aromatic rings. The number of non-ortho nitro benzene ring substituents is 2. The molecule has 4 amide bonds. The van der Waals surface area contributed by atoms with Crippen LogP contribution in [0.15, 0.2) is 36.4 Å². The van der Waals surface area contributed by atoms with E-state index in [4.69, 9.17) is 0 Å². The molecular weight excluding hydrogens is 534 g/mol.